The van der Waals surface area contributed by atoms with Gasteiger partial charge in [-0.15, -0.1) is 0 Å². The lowest BCUT2D eigenvalue weighted by molar-refractivity contribution is -0.130. The quantitative estimate of drug-likeness (QED) is 0.774. The molecule has 1 rings (SSSR count). The monoisotopic (exact) mass is 290 g/mol. The molecule has 4 nitrogen and oxygen atoms in total. The minimum atomic E-state index is -0.0248. The number of rotatable bonds is 7. The maximum atomic E-state index is 12.1. The van der Waals surface area contributed by atoms with E-state index in [4.69, 9.17) is 0 Å². The highest BCUT2D eigenvalue weighted by Crippen LogP contribution is 2.21. The van der Waals surface area contributed by atoms with Crippen molar-refractivity contribution in [2.45, 2.75) is 40.5 Å². The van der Waals surface area contributed by atoms with Crippen LogP contribution in [0.4, 0.5) is 5.69 Å². The van der Waals surface area contributed by atoms with E-state index in [1.54, 1.807) is 16.7 Å². The number of hydrogen-bond acceptors (Lipinski definition) is 2. The first-order valence-electron chi connectivity index (χ1n) is 7.68. The lowest BCUT2D eigenvalue weighted by atomic mass is 10.1. The minimum absolute atomic E-state index is 0.0248. The van der Waals surface area contributed by atoms with Crippen LogP contribution in [0.1, 0.15) is 39.7 Å². The number of anilines is 1. The number of para-hydroxylation sites is 1. The largest absolute Gasteiger partial charge is 0.343 e. The number of hydrogen-bond donors (Lipinski definition) is 0. The maximum absolute atomic E-state index is 12.1. The van der Waals surface area contributed by atoms with E-state index in [1.165, 1.54) is 0 Å². The Morgan fingerprint density at radius 3 is 2.19 bits per heavy atom. The molecule has 0 aromatic heterocycles. The molecular weight excluding hydrogens is 264 g/mol. The van der Waals surface area contributed by atoms with Gasteiger partial charge in [0.05, 0.1) is 0 Å². The van der Waals surface area contributed by atoms with E-state index in [-0.39, 0.29) is 11.8 Å². The van der Waals surface area contributed by atoms with Gasteiger partial charge in [0.1, 0.15) is 0 Å². The number of carbonyl (C=O) groups is 2. The van der Waals surface area contributed by atoms with Crippen molar-refractivity contribution >= 4 is 17.5 Å². The van der Waals surface area contributed by atoms with Crippen LogP contribution in [0, 0.1) is 0 Å². The Hall–Kier alpha value is -1.84. The molecule has 1 aromatic carbocycles. The third-order valence-corrected chi connectivity index (χ3v) is 3.71. The molecule has 116 valence electrons. The topological polar surface area (TPSA) is 40.6 Å². The summed E-state index contributed by atoms with van der Waals surface area (Å²) < 4.78 is 0. The lowest BCUT2D eigenvalue weighted by Crippen LogP contribution is -2.36. The molecule has 0 fully saturated rings. The van der Waals surface area contributed by atoms with Gasteiger partial charge in [0.25, 0.3) is 0 Å². The van der Waals surface area contributed by atoms with Crippen LogP contribution in [0.25, 0.3) is 0 Å². The molecule has 1 aromatic rings. The van der Waals surface area contributed by atoms with Crippen LogP contribution in [0.15, 0.2) is 24.3 Å². The summed E-state index contributed by atoms with van der Waals surface area (Å²) in [6, 6.07) is 7.87. The van der Waals surface area contributed by atoms with Gasteiger partial charge in [0.15, 0.2) is 0 Å². The van der Waals surface area contributed by atoms with Gasteiger partial charge in [-0.05, 0) is 31.9 Å². The standard InChI is InChI=1S/C17H26N2O2/c1-5-15-10-8-9-11-16(15)19(14(4)20)13-12-17(21)18(6-2)7-3/h8-11H,5-7,12-13H2,1-4H3. The molecule has 0 radical (unpaired) electrons. The van der Waals surface area contributed by atoms with E-state index in [0.29, 0.717) is 26.1 Å². The Morgan fingerprint density at radius 2 is 1.67 bits per heavy atom. The number of benzene rings is 1. The summed E-state index contributed by atoms with van der Waals surface area (Å²) in [6.07, 6.45) is 1.23. The summed E-state index contributed by atoms with van der Waals surface area (Å²) in [5, 5.41) is 0. The fourth-order valence-corrected chi connectivity index (χ4v) is 2.46. The molecule has 0 N–H and O–H groups in total. The molecule has 0 bridgehead atoms. The molecule has 0 spiro atoms. The molecular formula is C17H26N2O2. The van der Waals surface area contributed by atoms with Crippen molar-refractivity contribution in [3.63, 3.8) is 0 Å². The Morgan fingerprint density at radius 1 is 1.05 bits per heavy atom. The Balaban J connectivity index is 2.84. The summed E-state index contributed by atoms with van der Waals surface area (Å²) in [5.74, 6) is 0.0727. The number of aryl methyl sites for hydroxylation is 1. The maximum Gasteiger partial charge on any atom is 0.224 e. The van der Waals surface area contributed by atoms with Gasteiger partial charge in [-0.1, -0.05) is 25.1 Å². The fraction of sp³-hybridized carbons (Fsp3) is 0.529. The first kappa shape index (κ1) is 17.2. The zero-order chi connectivity index (χ0) is 15.8. The van der Waals surface area contributed by atoms with Gasteiger partial charge < -0.3 is 9.80 Å². The average molecular weight is 290 g/mol. The number of nitrogens with zero attached hydrogens (tertiary/aromatic N) is 2. The highest BCUT2D eigenvalue weighted by molar-refractivity contribution is 5.93. The van der Waals surface area contributed by atoms with E-state index < -0.39 is 0 Å². The van der Waals surface area contributed by atoms with Gasteiger partial charge in [-0.25, -0.2) is 0 Å². The van der Waals surface area contributed by atoms with E-state index >= 15 is 0 Å². The predicted molar refractivity (Wildman–Crippen MR) is 86.4 cm³/mol. The predicted octanol–water partition coefficient (Wildman–Crippen LogP) is 2.86. The van der Waals surface area contributed by atoms with Crippen LogP contribution < -0.4 is 4.90 Å². The van der Waals surface area contributed by atoms with E-state index in [2.05, 4.69) is 6.92 Å². The third kappa shape index (κ3) is 4.59. The second-order valence-corrected chi connectivity index (χ2v) is 4.97. The highest BCUT2D eigenvalue weighted by atomic mass is 16.2. The summed E-state index contributed by atoms with van der Waals surface area (Å²) in [5.41, 5.74) is 2.04. The molecule has 0 aliphatic rings. The van der Waals surface area contributed by atoms with Crippen molar-refractivity contribution in [2.24, 2.45) is 0 Å². The van der Waals surface area contributed by atoms with Gasteiger partial charge in [0.2, 0.25) is 11.8 Å². The first-order chi connectivity index (χ1) is 10.0. The van der Waals surface area contributed by atoms with Gasteiger partial charge >= 0.3 is 0 Å². The van der Waals surface area contributed by atoms with Crippen LogP contribution >= 0.6 is 0 Å². The second kappa shape index (κ2) is 8.45. The first-order valence-corrected chi connectivity index (χ1v) is 7.68. The van der Waals surface area contributed by atoms with Crippen LogP contribution in [0.3, 0.4) is 0 Å². The van der Waals surface area contributed by atoms with Gasteiger partial charge in [-0.3, -0.25) is 9.59 Å². The Labute approximate surface area is 127 Å². The zero-order valence-corrected chi connectivity index (χ0v) is 13.6. The van der Waals surface area contributed by atoms with Crippen LogP contribution in [0.5, 0.6) is 0 Å². The molecule has 0 heterocycles. The van der Waals surface area contributed by atoms with Gasteiger partial charge in [-0.2, -0.15) is 0 Å². The summed E-state index contributed by atoms with van der Waals surface area (Å²) >= 11 is 0. The smallest absolute Gasteiger partial charge is 0.224 e. The molecule has 0 unspecified atom stereocenters. The molecule has 0 aliphatic carbocycles. The molecule has 4 heteroatoms. The van der Waals surface area contributed by atoms with Crippen molar-refractivity contribution in [3.8, 4) is 0 Å². The molecule has 0 atom stereocenters. The second-order valence-electron chi connectivity index (χ2n) is 4.97. The molecule has 0 saturated heterocycles. The highest BCUT2D eigenvalue weighted by Gasteiger charge is 2.17. The Bertz CT molecular complexity index is 481. The SMILES string of the molecule is CCc1ccccc1N(CCC(=O)N(CC)CC)C(C)=O. The summed E-state index contributed by atoms with van der Waals surface area (Å²) in [7, 11) is 0. The van der Waals surface area contributed by atoms with E-state index in [9.17, 15) is 9.59 Å². The van der Waals surface area contributed by atoms with Gasteiger partial charge in [0, 0.05) is 38.7 Å². The van der Waals surface area contributed by atoms with E-state index in [0.717, 1.165) is 17.7 Å². The molecule has 0 saturated carbocycles. The third-order valence-electron chi connectivity index (χ3n) is 3.71. The fourth-order valence-electron chi connectivity index (χ4n) is 2.46. The zero-order valence-electron chi connectivity index (χ0n) is 13.6. The number of carbonyl (C=O) groups excluding carboxylic acids is 2. The summed E-state index contributed by atoms with van der Waals surface area (Å²) in [4.78, 5) is 27.5. The van der Waals surface area contributed by atoms with Crippen molar-refractivity contribution in [2.75, 3.05) is 24.5 Å². The van der Waals surface area contributed by atoms with Crippen molar-refractivity contribution in [3.05, 3.63) is 29.8 Å². The molecule has 2 amide bonds. The van der Waals surface area contributed by atoms with Crippen LogP contribution in [0.2, 0.25) is 0 Å². The van der Waals surface area contributed by atoms with Crippen molar-refractivity contribution in [1.82, 2.24) is 4.90 Å². The molecule has 0 aliphatic heterocycles. The van der Waals surface area contributed by atoms with Crippen LogP contribution in [-0.4, -0.2) is 36.3 Å². The van der Waals surface area contributed by atoms with E-state index in [1.807, 2.05) is 38.1 Å². The van der Waals surface area contributed by atoms with Crippen molar-refractivity contribution in [1.29, 1.82) is 0 Å². The average Bonchev–Trinajstić information content (AvgIpc) is 2.48. The minimum Gasteiger partial charge on any atom is -0.343 e. The number of amides is 2. The Kier molecular flexibility index (Phi) is 6.92. The summed E-state index contributed by atoms with van der Waals surface area (Å²) in [6.45, 7) is 9.41. The molecule has 21 heavy (non-hydrogen) atoms. The normalized spacial score (nSPS) is 10.3. The lowest BCUT2D eigenvalue weighted by Gasteiger charge is -2.25. The van der Waals surface area contributed by atoms with Crippen LogP contribution in [-0.2, 0) is 16.0 Å². The van der Waals surface area contributed by atoms with Crippen molar-refractivity contribution < 1.29 is 9.59 Å².